The molecule has 4 N–H and O–H groups in total. The van der Waals surface area contributed by atoms with Gasteiger partial charge in [0, 0.05) is 32.1 Å². The first-order valence-electron chi connectivity index (χ1n) is 10.4. The van der Waals surface area contributed by atoms with Gasteiger partial charge in [0.25, 0.3) is 0 Å². The Bertz CT molecular complexity index is 835. The van der Waals surface area contributed by atoms with Gasteiger partial charge < -0.3 is 21.3 Å². The van der Waals surface area contributed by atoms with E-state index in [1.54, 1.807) is 25.2 Å². The number of Topliss-reactive ketones (excluding diaryl/α,β-unsaturated/α-hetero) is 1. The van der Waals surface area contributed by atoms with E-state index in [0.717, 1.165) is 5.56 Å². The highest BCUT2D eigenvalue weighted by Crippen LogP contribution is 2.13. The average molecular weight is 427 g/mol. The van der Waals surface area contributed by atoms with E-state index in [9.17, 15) is 19.2 Å². The SMILES string of the molecule is CNC(=O)NC(Cc1ccccc1)C(=O)C[C@H]1/C=C/CCNC(=O)/C=C/[C@H](C)NC1=O. The van der Waals surface area contributed by atoms with E-state index in [-0.39, 0.29) is 30.1 Å². The second-order valence-corrected chi connectivity index (χ2v) is 7.41. The molecule has 0 bridgehead atoms. The Labute approximate surface area is 182 Å². The van der Waals surface area contributed by atoms with Crippen molar-refractivity contribution in [2.75, 3.05) is 13.6 Å². The Morgan fingerprint density at radius 3 is 2.61 bits per heavy atom. The maximum atomic E-state index is 13.1. The Hall–Kier alpha value is -3.42. The summed E-state index contributed by atoms with van der Waals surface area (Å²) in [7, 11) is 1.48. The van der Waals surface area contributed by atoms with Gasteiger partial charge in [-0.15, -0.1) is 0 Å². The van der Waals surface area contributed by atoms with Crippen LogP contribution in [-0.4, -0.2) is 49.3 Å². The Kier molecular flexibility index (Phi) is 9.48. The molecule has 31 heavy (non-hydrogen) atoms. The number of nitrogens with one attached hydrogen (secondary N) is 4. The zero-order valence-corrected chi connectivity index (χ0v) is 17.9. The zero-order valence-electron chi connectivity index (χ0n) is 17.9. The molecule has 0 spiro atoms. The van der Waals surface area contributed by atoms with Gasteiger partial charge in [0.2, 0.25) is 11.8 Å². The van der Waals surface area contributed by atoms with Gasteiger partial charge in [0.15, 0.2) is 5.78 Å². The lowest BCUT2D eigenvalue weighted by molar-refractivity contribution is -0.129. The van der Waals surface area contributed by atoms with E-state index < -0.39 is 18.0 Å². The van der Waals surface area contributed by atoms with E-state index >= 15 is 0 Å². The highest BCUT2D eigenvalue weighted by atomic mass is 16.2. The molecule has 2 rings (SSSR count). The third-order valence-corrected chi connectivity index (χ3v) is 4.85. The first kappa shape index (κ1) is 23.9. The van der Waals surface area contributed by atoms with Crippen LogP contribution < -0.4 is 21.3 Å². The molecule has 1 aliphatic rings. The minimum atomic E-state index is -0.762. The van der Waals surface area contributed by atoms with E-state index in [2.05, 4.69) is 21.3 Å². The quantitative estimate of drug-likeness (QED) is 0.512. The van der Waals surface area contributed by atoms with Crippen LogP contribution in [0.15, 0.2) is 54.6 Å². The molecule has 0 saturated carbocycles. The number of hydrogen-bond acceptors (Lipinski definition) is 4. The van der Waals surface area contributed by atoms with Gasteiger partial charge in [-0.25, -0.2) is 4.79 Å². The number of hydrogen-bond donors (Lipinski definition) is 4. The number of benzene rings is 1. The number of ketones is 1. The Balaban J connectivity index is 2.15. The average Bonchev–Trinajstić information content (AvgIpc) is 2.75. The molecule has 0 aromatic heterocycles. The molecule has 4 amide bonds. The maximum absolute atomic E-state index is 13.1. The van der Waals surface area contributed by atoms with Crippen molar-refractivity contribution in [3.05, 3.63) is 60.2 Å². The molecule has 3 atom stereocenters. The lowest BCUT2D eigenvalue weighted by Gasteiger charge is -2.21. The van der Waals surface area contributed by atoms with E-state index in [1.165, 1.54) is 13.1 Å². The van der Waals surface area contributed by atoms with Crippen LogP contribution in [0.3, 0.4) is 0 Å². The van der Waals surface area contributed by atoms with Crippen LogP contribution in [0.25, 0.3) is 0 Å². The fourth-order valence-corrected chi connectivity index (χ4v) is 3.14. The van der Waals surface area contributed by atoms with Crippen LogP contribution in [0.1, 0.15) is 25.3 Å². The summed E-state index contributed by atoms with van der Waals surface area (Å²) in [4.78, 5) is 49.4. The molecular weight excluding hydrogens is 396 g/mol. The van der Waals surface area contributed by atoms with Crippen molar-refractivity contribution in [3.8, 4) is 0 Å². The predicted molar refractivity (Wildman–Crippen MR) is 118 cm³/mol. The topological polar surface area (TPSA) is 116 Å². The molecule has 1 heterocycles. The molecule has 1 aromatic rings. The van der Waals surface area contributed by atoms with E-state index in [4.69, 9.17) is 0 Å². The van der Waals surface area contributed by atoms with Crippen molar-refractivity contribution < 1.29 is 19.2 Å². The first-order chi connectivity index (χ1) is 14.9. The van der Waals surface area contributed by atoms with Crippen LogP contribution in [0.2, 0.25) is 0 Å². The summed E-state index contributed by atoms with van der Waals surface area (Å²) >= 11 is 0. The van der Waals surface area contributed by atoms with Crippen molar-refractivity contribution >= 4 is 23.6 Å². The van der Waals surface area contributed by atoms with E-state index in [0.29, 0.717) is 19.4 Å². The van der Waals surface area contributed by atoms with Gasteiger partial charge in [0.1, 0.15) is 0 Å². The predicted octanol–water partition coefficient (Wildman–Crippen LogP) is 1.24. The van der Waals surface area contributed by atoms with Crippen LogP contribution in [0.4, 0.5) is 4.79 Å². The van der Waals surface area contributed by atoms with Gasteiger partial charge in [-0.1, -0.05) is 48.6 Å². The van der Waals surface area contributed by atoms with Crippen molar-refractivity contribution in [3.63, 3.8) is 0 Å². The third-order valence-electron chi connectivity index (χ3n) is 4.85. The number of carbonyl (C=O) groups excluding carboxylic acids is 4. The fourth-order valence-electron chi connectivity index (χ4n) is 3.14. The number of amides is 4. The number of urea groups is 1. The molecule has 0 radical (unpaired) electrons. The van der Waals surface area contributed by atoms with Crippen molar-refractivity contribution in [2.45, 2.75) is 38.3 Å². The lowest BCUT2D eigenvalue weighted by Crippen LogP contribution is -2.47. The highest BCUT2D eigenvalue weighted by molar-refractivity contribution is 5.93. The summed E-state index contributed by atoms with van der Waals surface area (Å²) in [5.41, 5.74) is 0.908. The fraction of sp³-hybridized carbons (Fsp3) is 0.391. The third kappa shape index (κ3) is 8.46. The number of carbonyl (C=O) groups is 4. The summed E-state index contributed by atoms with van der Waals surface area (Å²) in [5.74, 6) is -1.43. The molecule has 1 aliphatic heterocycles. The van der Waals surface area contributed by atoms with E-state index in [1.807, 2.05) is 30.3 Å². The molecule has 1 unspecified atom stereocenters. The second-order valence-electron chi connectivity index (χ2n) is 7.41. The van der Waals surface area contributed by atoms with Crippen LogP contribution in [0.5, 0.6) is 0 Å². The monoisotopic (exact) mass is 426 g/mol. The van der Waals surface area contributed by atoms with Crippen molar-refractivity contribution in [2.24, 2.45) is 5.92 Å². The summed E-state index contributed by atoms with van der Waals surface area (Å²) < 4.78 is 0. The van der Waals surface area contributed by atoms with Crippen LogP contribution in [-0.2, 0) is 20.8 Å². The summed E-state index contributed by atoms with van der Waals surface area (Å²) in [6.07, 6.45) is 7.28. The summed E-state index contributed by atoms with van der Waals surface area (Å²) in [6.45, 7) is 2.19. The van der Waals surface area contributed by atoms with Gasteiger partial charge in [-0.2, -0.15) is 0 Å². The molecule has 8 nitrogen and oxygen atoms in total. The molecular formula is C23H30N4O4. The molecule has 0 aliphatic carbocycles. The highest BCUT2D eigenvalue weighted by Gasteiger charge is 2.27. The molecule has 0 fully saturated rings. The van der Waals surface area contributed by atoms with Crippen LogP contribution in [0, 0.1) is 5.92 Å². The maximum Gasteiger partial charge on any atom is 0.315 e. The van der Waals surface area contributed by atoms with Gasteiger partial charge in [-0.3, -0.25) is 14.4 Å². The molecule has 8 heteroatoms. The minimum Gasteiger partial charge on any atom is -0.352 e. The summed E-state index contributed by atoms with van der Waals surface area (Å²) in [6, 6.07) is 7.80. The first-order valence-corrected chi connectivity index (χ1v) is 10.4. The normalized spacial score (nSPS) is 22.5. The smallest absolute Gasteiger partial charge is 0.315 e. The number of rotatable bonds is 6. The van der Waals surface area contributed by atoms with Gasteiger partial charge in [-0.05, 0) is 25.3 Å². The van der Waals surface area contributed by atoms with Gasteiger partial charge in [0.05, 0.1) is 12.0 Å². The van der Waals surface area contributed by atoms with Crippen molar-refractivity contribution in [1.82, 2.24) is 21.3 Å². The molecule has 0 saturated heterocycles. The zero-order chi connectivity index (χ0) is 22.6. The Morgan fingerprint density at radius 1 is 1.16 bits per heavy atom. The largest absolute Gasteiger partial charge is 0.352 e. The minimum absolute atomic E-state index is 0.0490. The second kappa shape index (κ2) is 12.3. The Morgan fingerprint density at radius 2 is 1.90 bits per heavy atom. The van der Waals surface area contributed by atoms with Crippen molar-refractivity contribution in [1.29, 1.82) is 0 Å². The lowest BCUT2D eigenvalue weighted by atomic mass is 9.93. The van der Waals surface area contributed by atoms with Crippen LogP contribution >= 0.6 is 0 Å². The van der Waals surface area contributed by atoms with Gasteiger partial charge >= 0.3 is 6.03 Å². The molecule has 1 aromatic carbocycles. The standard InChI is InChI=1S/C23H30N4O4/c1-16-11-12-21(29)25-13-7-6-10-18(22(30)26-16)15-20(28)19(27-23(31)24-2)14-17-8-4-3-5-9-17/h3-6,8-12,16,18-19H,7,13-15H2,1-2H3,(H,25,29)(H,26,30)(H2,24,27,31)/b10-6+,12-11+/t16-,18+,19?/m0/s1. The summed E-state index contributed by atoms with van der Waals surface area (Å²) in [5, 5.41) is 10.7. The molecule has 166 valence electrons.